The summed E-state index contributed by atoms with van der Waals surface area (Å²) < 4.78 is 0. The van der Waals surface area contributed by atoms with E-state index in [0.29, 0.717) is 18.9 Å². The van der Waals surface area contributed by atoms with E-state index < -0.39 is 0 Å². The molecule has 2 aliphatic rings. The van der Waals surface area contributed by atoms with Gasteiger partial charge in [-0.15, -0.1) is 24.0 Å². The lowest BCUT2D eigenvalue weighted by Crippen LogP contribution is -2.56. The summed E-state index contributed by atoms with van der Waals surface area (Å²) in [5, 5.41) is 6.14. The molecule has 2 N–H and O–H groups in total. The second-order valence-electron chi connectivity index (χ2n) is 7.77. The molecule has 1 fully saturated rings. The monoisotopic (exact) mass is 412 g/mol. The Hall–Kier alpha value is -1.26. The minimum atomic E-state index is -0.301. The maximum atomic E-state index is 12.6. The van der Waals surface area contributed by atoms with Crippen molar-refractivity contribution in [3.8, 4) is 0 Å². The molecule has 0 aliphatic heterocycles. The Kier molecular flexibility index (Phi) is 8.43. The molecule has 27 heavy (non-hydrogen) atoms. The lowest BCUT2D eigenvalue weighted by molar-refractivity contribution is -0.125. The van der Waals surface area contributed by atoms with Gasteiger partial charge in [0, 0.05) is 13.0 Å². The van der Waals surface area contributed by atoms with Crippen LogP contribution in [0.2, 0.25) is 0 Å². The van der Waals surface area contributed by atoms with Crippen molar-refractivity contribution in [3.63, 3.8) is 0 Å². The van der Waals surface area contributed by atoms with Gasteiger partial charge in [0.05, 0.1) is 5.54 Å². The van der Waals surface area contributed by atoms with Crippen molar-refractivity contribution in [2.24, 2.45) is 0 Å². The molecule has 1 saturated carbocycles. The fourth-order valence-corrected chi connectivity index (χ4v) is 4.59. The number of rotatable bonds is 7. The van der Waals surface area contributed by atoms with E-state index in [2.05, 4.69) is 34.9 Å². The molecule has 1 aromatic rings. The van der Waals surface area contributed by atoms with Crippen molar-refractivity contribution in [3.05, 3.63) is 35.4 Å². The molecule has 1 aromatic carbocycles. The number of aryl methyl sites for hydroxylation is 1. The molecular formula is C21H30Cl2N2O2. The molecule has 4 nitrogen and oxygen atoms in total. The Morgan fingerprint density at radius 1 is 1.11 bits per heavy atom. The molecule has 1 unspecified atom stereocenters. The highest BCUT2D eigenvalue weighted by molar-refractivity contribution is 6.27. The molecule has 6 heteroatoms. The van der Waals surface area contributed by atoms with Crippen LogP contribution in [0.25, 0.3) is 0 Å². The fraction of sp³-hybridized carbons (Fsp3) is 0.619. The van der Waals surface area contributed by atoms with Crippen LogP contribution in [0.15, 0.2) is 24.3 Å². The lowest BCUT2D eigenvalue weighted by atomic mass is 9.81. The van der Waals surface area contributed by atoms with E-state index in [4.69, 9.17) is 11.6 Å². The first kappa shape index (κ1) is 22.0. The van der Waals surface area contributed by atoms with Gasteiger partial charge in [0.1, 0.15) is 5.88 Å². The van der Waals surface area contributed by atoms with Gasteiger partial charge >= 0.3 is 0 Å². The highest BCUT2D eigenvalue weighted by Gasteiger charge is 2.34. The molecule has 0 bridgehead atoms. The summed E-state index contributed by atoms with van der Waals surface area (Å²) in [6.07, 6.45) is 8.93. The van der Waals surface area contributed by atoms with Crippen molar-refractivity contribution in [2.45, 2.75) is 69.2 Å². The molecular weight excluding hydrogens is 383 g/mol. The summed E-state index contributed by atoms with van der Waals surface area (Å²) in [5.74, 6) is 0.394. The van der Waals surface area contributed by atoms with Gasteiger partial charge in [-0.1, -0.05) is 43.5 Å². The van der Waals surface area contributed by atoms with Crippen LogP contribution in [0.5, 0.6) is 0 Å². The average molecular weight is 413 g/mol. The first-order valence-corrected chi connectivity index (χ1v) is 10.4. The van der Waals surface area contributed by atoms with E-state index in [0.717, 1.165) is 44.9 Å². The van der Waals surface area contributed by atoms with E-state index in [1.54, 1.807) is 0 Å². The molecule has 0 heterocycles. The summed E-state index contributed by atoms with van der Waals surface area (Å²) in [6, 6.07) is 8.59. The third-order valence-electron chi connectivity index (χ3n) is 5.94. The largest absolute Gasteiger partial charge is 0.353 e. The average Bonchev–Trinajstić information content (AvgIpc) is 3.08. The molecule has 0 spiro atoms. The minimum absolute atomic E-state index is 0. The van der Waals surface area contributed by atoms with Crippen LogP contribution in [-0.4, -0.2) is 29.8 Å². The van der Waals surface area contributed by atoms with E-state index in [9.17, 15) is 9.59 Å². The summed E-state index contributed by atoms with van der Waals surface area (Å²) >= 11 is 5.59. The van der Waals surface area contributed by atoms with Crippen LogP contribution < -0.4 is 10.6 Å². The topological polar surface area (TPSA) is 58.2 Å². The van der Waals surface area contributed by atoms with Gasteiger partial charge in [-0.05, 0) is 49.1 Å². The summed E-state index contributed by atoms with van der Waals surface area (Å²) in [6.45, 7) is 0.483. The van der Waals surface area contributed by atoms with Crippen LogP contribution in [0.4, 0.5) is 0 Å². The predicted octanol–water partition coefficient (Wildman–Crippen LogP) is 4.09. The second kappa shape index (κ2) is 10.3. The van der Waals surface area contributed by atoms with Crippen molar-refractivity contribution in [1.82, 2.24) is 10.6 Å². The maximum absolute atomic E-state index is 12.6. The van der Waals surface area contributed by atoms with Crippen molar-refractivity contribution < 1.29 is 9.59 Å². The molecule has 2 aliphatic carbocycles. The molecule has 150 valence electrons. The van der Waals surface area contributed by atoms with Crippen LogP contribution in [0, 0.1) is 0 Å². The zero-order chi connectivity index (χ0) is 18.4. The van der Waals surface area contributed by atoms with Crippen molar-refractivity contribution in [2.75, 3.05) is 12.4 Å². The van der Waals surface area contributed by atoms with Crippen LogP contribution in [-0.2, 0) is 16.0 Å². The van der Waals surface area contributed by atoms with Gasteiger partial charge in [-0.25, -0.2) is 0 Å². The van der Waals surface area contributed by atoms with Gasteiger partial charge < -0.3 is 10.6 Å². The van der Waals surface area contributed by atoms with Crippen LogP contribution in [0.1, 0.15) is 68.4 Å². The molecule has 1 atom stereocenters. The van der Waals surface area contributed by atoms with Crippen LogP contribution >= 0.6 is 24.0 Å². The number of hydrogen-bond donors (Lipinski definition) is 2. The van der Waals surface area contributed by atoms with Gasteiger partial charge in [0.15, 0.2) is 0 Å². The number of amides is 2. The molecule has 2 amide bonds. The summed E-state index contributed by atoms with van der Waals surface area (Å²) in [7, 11) is 0. The quantitative estimate of drug-likeness (QED) is 0.662. The third kappa shape index (κ3) is 5.86. The van der Waals surface area contributed by atoms with Crippen molar-refractivity contribution >= 4 is 35.8 Å². The molecule has 3 rings (SSSR count). The van der Waals surface area contributed by atoms with E-state index >= 15 is 0 Å². The van der Waals surface area contributed by atoms with Gasteiger partial charge in [0.25, 0.3) is 0 Å². The zero-order valence-corrected chi connectivity index (χ0v) is 17.3. The Labute approximate surface area is 173 Å². The fourth-order valence-electron chi connectivity index (χ4n) is 4.50. The molecule has 0 radical (unpaired) electrons. The first-order chi connectivity index (χ1) is 12.6. The Balaban J connectivity index is 0.00000261. The first-order valence-electron chi connectivity index (χ1n) is 9.83. The summed E-state index contributed by atoms with van der Waals surface area (Å²) in [5.41, 5.74) is 2.55. The van der Waals surface area contributed by atoms with Crippen molar-refractivity contribution in [1.29, 1.82) is 0 Å². The van der Waals surface area contributed by atoms with E-state index in [1.165, 1.54) is 17.5 Å². The SMILES string of the molecule is Cl.O=C(CCl)NCC1(NC(=O)CCC2CCc3ccccc32)CCCCC1. The number of fused-ring (bicyclic) bond motifs is 1. The number of carbonyl (C=O) groups is 2. The zero-order valence-electron chi connectivity index (χ0n) is 15.8. The number of hydrogen-bond acceptors (Lipinski definition) is 2. The normalized spacial score (nSPS) is 20.3. The number of benzene rings is 1. The molecule has 0 aromatic heterocycles. The highest BCUT2D eigenvalue weighted by atomic mass is 35.5. The highest BCUT2D eigenvalue weighted by Crippen LogP contribution is 2.36. The Bertz CT molecular complexity index is 645. The van der Waals surface area contributed by atoms with Gasteiger partial charge in [-0.2, -0.15) is 0 Å². The van der Waals surface area contributed by atoms with Gasteiger partial charge in [-0.3, -0.25) is 9.59 Å². The number of halogens is 2. The Morgan fingerprint density at radius 2 is 1.85 bits per heavy atom. The van der Waals surface area contributed by atoms with Gasteiger partial charge in [0.2, 0.25) is 11.8 Å². The number of carbonyl (C=O) groups excluding carboxylic acids is 2. The Morgan fingerprint density at radius 3 is 2.59 bits per heavy atom. The standard InChI is InChI=1S/C21H29ClN2O2.ClH/c22-14-20(26)23-15-21(12-4-1-5-13-21)24-19(25)11-10-17-9-8-16-6-2-3-7-18(16)17;/h2-3,6-7,17H,1,4-5,8-15H2,(H,23,26)(H,24,25);1H. The lowest BCUT2D eigenvalue weighted by Gasteiger charge is -2.38. The summed E-state index contributed by atoms with van der Waals surface area (Å²) in [4.78, 5) is 24.2. The number of nitrogens with one attached hydrogen (secondary N) is 2. The second-order valence-corrected chi connectivity index (χ2v) is 8.04. The number of alkyl halides is 1. The minimum Gasteiger partial charge on any atom is -0.353 e. The maximum Gasteiger partial charge on any atom is 0.235 e. The van der Waals surface area contributed by atoms with E-state index in [-0.39, 0.29) is 35.6 Å². The van der Waals surface area contributed by atoms with Crippen LogP contribution in [0.3, 0.4) is 0 Å². The predicted molar refractivity (Wildman–Crippen MR) is 112 cm³/mol. The smallest absolute Gasteiger partial charge is 0.235 e. The van der Waals surface area contributed by atoms with E-state index in [1.807, 2.05) is 0 Å². The molecule has 0 saturated heterocycles. The third-order valence-corrected chi connectivity index (χ3v) is 6.18.